The first-order valence-electron chi connectivity index (χ1n) is 16.0. The number of rotatable bonds is 10. The Morgan fingerprint density at radius 1 is 1.02 bits per heavy atom. The van der Waals surface area contributed by atoms with Gasteiger partial charge in [0.2, 0.25) is 5.91 Å². The molecule has 2 saturated heterocycles. The number of amides is 4. The minimum Gasteiger partial charge on any atom is -0.486 e. The zero-order chi connectivity index (χ0) is 33.2. The second kappa shape index (κ2) is 13.4. The van der Waals surface area contributed by atoms with Crippen molar-refractivity contribution >= 4 is 37.6 Å². The number of likely N-dealkylation sites (tertiary alicyclic amines) is 1. The van der Waals surface area contributed by atoms with E-state index in [0.29, 0.717) is 31.0 Å². The van der Waals surface area contributed by atoms with Crippen LogP contribution in [0.2, 0.25) is 25.7 Å². The number of fused-ring (bicyclic) bond motifs is 1. The lowest BCUT2D eigenvalue weighted by Crippen LogP contribution is -2.55. The van der Waals surface area contributed by atoms with Crippen LogP contribution in [0.15, 0.2) is 48.5 Å². The van der Waals surface area contributed by atoms with Gasteiger partial charge in [-0.2, -0.15) is 0 Å². The molecular weight excluding hydrogens is 604 g/mol. The van der Waals surface area contributed by atoms with Crippen molar-refractivity contribution in [3.8, 4) is 5.75 Å². The molecule has 1 unspecified atom stereocenters. The Kier molecular flexibility index (Phi) is 9.78. The van der Waals surface area contributed by atoms with E-state index < -0.39 is 31.7 Å². The first kappa shape index (κ1) is 33.5. The average Bonchev–Trinajstić information content (AvgIpc) is 3.51. The number of para-hydroxylation sites is 1. The van der Waals surface area contributed by atoms with E-state index in [4.69, 9.17) is 14.2 Å². The van der Waals surface area contributed by atoms with Crippen LogP contribution in [0.4, 0.5) is 10.5 Å². The third-order valence-corrected chi connectivity index (χ3v) is 10.1. The summed E-state index contributed by atoms with van der Waals surface area (Å²) in [7, 11) is -1.32. The summed E-state index contributed by atoms with van der Waals surface area (Å²) in [6.07, 6.45) is -0.447. The molecule has 5 rings (SSSR count). The SMILES string of the molecule is CC(C)(C)OC(=O)N[C@H]1CN(c2ccccc2)C[C@@H]1Oc1ccc2c(c1)CN(C1CCC(=O)N(COCC[Si](C)(C)C)C1=O)C2=O. The summed E-state index contributed by atoms with van der Waals surface area (Å²) in [4.78, 5) is 57.1. The molecule has 3 heterocycles. The van der Waals surface area contributed by atoms with Gasteiger partial charge in [-0.15, -0.1) is 0 Å². The molecule has 2 aromatic rings. The number of carbonyl (C=O) groups excluding carboxylic acids is 4. The Morgan fingerprint density at radius 2 is 1.76 bits per heavy atom. The van der Waals surface area contributed by atoms with Crippen molar-refractivity contribution in [1.29, 1.82) is 0 Å². The van der Waals surface area contributed by atoms with E-state index in [9.17, 15) is 19.2 Å². The zero-order valence-corrected chi connectivity index (χ0v) is 28.7. The monoisotopic (exact) mass is 650 g/mol. The molecule has 3 atom stereocenters. The Morgan fingerprint density at radius 3 is 2.46 bits per heavy atom. The van der Waals surface area contributed by atoms with Crippen LogP contribution >= 0.6 is 0 Å². The van der Waals surface area contributed by atoms with Crippen molar-refractivity contribution in [2.24, 2.45) is 0 Å². The third-order valence-electron chi connectivity index (χ3n) is 8.36. The van der Waals surface area contributed by atoms with E-state index in [2.05, 4.69) is 29.9 Å². The highest BCUT2D eigenvalue weighted by atomic mass is 28.3. The van der Waals surface area contributed by atoms with Crippen molar-refractivity contribution in [3.63, 3.8) is 0 Å². The smallest absolute Gasteiger partial charge is 0.408 e. The normalized spacial score (nSPS) is 21.9. The van der Waals surface area contributed by atoms with Gasteiger partial charge < -0.3 is 29.3 Å². The van der Waals surface area contributed by atoms with Crippen molar-refractivity contribution in [2.45, 2.75) is 89.6 Å². The summed E-state index contributed by atoms with van der Waals surface area (Å²) in [5, 5.41) is 2.98. The second-order valence-electron chi connectivity index (χ2n) is 14.5. The highest BCUT2D eigenvalue weighted by Crippen LogP contribution is 2.33. The molecule has 46 heavy (non-hydrogen) atoms. The number of nitrogens with one attached hydrogen (secondary N) is 1. The van der Waals surface area contributed by atoms with Crippen LogP contribution in [0.1, 0.15) is 49.5 Å². The topological polar surface area (TPSA) is 118 Å². The van der Waals surface area contributed by atoms with Gasteiger partial charge in [0, 0.05) is 45.4 Å². The number of piperidine rings is 1. The van der Waals surface area contributed by atoms with Gasteiger partial charge in [-0.25, -0.2) is 4.79 Å². The molecule has 3 aliphatic heterocycles. The summed E-state index contributed by atoms with van der Waals surface area (Å²) in [5.41, 5.74) is 1.64. The number of hydrogen-bond donors (Lipinski definition) is 1. The molecule has 0 bridgehead atoms. The van der Waals surface area contributed by atoms with E-state index in [1.54, 1.807) is 17.0 Å². The quantitative estimate of drug-likeness (QED) is 0.225. The number of alkyl carbamates (subject to hydrolysis) is 1. The van der Waals surface area contributed by atoms with Crippen molar-refractivity contribution in [2.75, 3.05) is 31.3 Å². The molecule has 2 aromatic carbocycles. The molecule has 12 heteroatoms. The lowest BCUT2D eigenvalue weighted by atomic mass is 10.0. The molecule has 3 aliphatic rings. The highest BCUT2D eigenvalue weighted by Gasteiger charge is 2.43. The third kappa shape index (κ3) is 8.08. The minimum atomic E-state index is -1.32. The predicted octanol–water partition coefficient (Wildman–Crippen LogP) is 4.63. The number of nitrogens with zero attached hydrogens (tertiary/aromatic N) is 3. The predicted molar refractivity (Wildman–Crippen MR) is 176 cm³/mol. The molecule has 4 amide bonds. The first-order chi connectivity index (χ1) is 21.7. The standard InChI is InChI=1S/C34H46N4O7Si/c1-34(2,3)45-33(42)35-27-20-36(24-10-8-7-9-11-24)21-29(27)44-25-12-13-26-23(18-25)19-37(31(26)40)28-14-15-30(39)38(32(28)41)22-43-16-17-46(4,5)6/h7-13,18,27-29H,14-17,19-22H2,1-6H3,(H,35,42)/t27-,28?,29-/m0/s1. The maximum Gasteiger partial charge on any atom is 0.408 e. The average molecular weight is 651 g/mol. The van der Waals surface area contributed by atoms with Crippen molar-refractivity contribution in [3.05, 3.63) is 59.7 Å². The minimum absolute atomic E-state index is 0.0918. The molecule has 0 radical (unpaired) electrons. The molecule has 1 N–H and O–H groups in total. The molecule has 248 valence electrons. The number of imide groups is 1. The van der Waals surface area contributed by atoms with Gasteiger partial charge in [-0.05, 0) is 69.1 Å². The molecule has 0 aromatic heterocycles. The lowest BCUT2D eigenvalue weighted by Gasteiger charge is -2.35. The van der Waals surface area contributed by atoms with Crippen LogP contribution in [0.3, 0.4) is 0 Å². The Bertz CT molecular complexity index is 1460. The van der Waals surface area contributed by atoms with Crippen LogP contribution in [0, 0.1) is 0 Å². The molecule has 0 aliphatic carbocycles. The van der Waals surface area contributed by atoms with Crippen LogP contribution < -0.4 is 15.0 Å². The summed E-state index contributed by atoms with van der Waals surface area (Å²) < 4.78 is 17.7. The van der Waals surface area contributed by atoms with Crippen molar-refractivity contribution in [1.82, 2.24) is 15.1 Å². The van der Waals surface area contributed by atoms with Gasteiger partial charge in [0.1, 0.15) is 30.2 Å². The van der Waals surface area contributed by atoms with Gasteiger partial charge in [-0.3, -0.25) is 19.3 Å². The van der Waals surface area contributed by atoms with Crippen LogP contribution in [0.25, 0.3) is 0 Å². The lowest BCUT2D eigenvalue weighted by molar-refractivity contribution is -0.158. The van der Waals surface area contributed by atoms with Crippen LogP contribution in [-0.4, -0.2) is 91.9 Å². The number of carbonyl (C=O) groups is 4. The molecule has 0 saturated carbocycles. The highest BCUT2D eigenvalue weighted by molar-refractivity contribution is 6.76. The van der Waals surface area contributed by atoms with Gasteiger partial charge >= 0.3 is 6.09 Å². The summed E-state index contributed by atoms with van der Waals surface area (Å²) in [5.74, 6) is -0.351. The Hall–Kier alpha value is -3.90. The van der Waals surface area contributed by atoms with Gasteiger partial charge in [0.25, 0.3) is 11.8 Å². The van der Waals surface area contributed by atoms with Gasteiger partial charge in [0.15, 0.2) is 0 Å². The molecular formula is C34H46N4O7Si. The van der Waals surface area contributed by atoms with E-state index in [-0.39, 0.29) is 50.1 Å². The van der Waals surface area contributed by atoms with Gasteiger partial charge in [0.05, 0.1) is 12.6 Å². The van der Waals surface area contributed by atoms with Crippen molar-refractivity contribution < 1.29 is 33.4 Å². The zero-order valence-electron chi connectivity index (χ0n) is 27.7. The second-order valence-corrected chi connectivity index (χ2v) is 20.1. The summed E-state index contributed by atoms with van der Waals surface area (Å²) in [6, 6.07) is 15.1. The van der Waals surface area contributed by atoms with E-state index in [0.717, 1.165) is 22.2 Å². The van der Waals surface area contributed by atoms with E-state index in [1.165, 1.54) is 0 Å². The fourth-order valence-corrected chi connectivity index (χ4v) is 6.70. The van der Waals surface area contributed by atoms with Crippen LogP contribution in [0.5, 0.6) is 5.75 Å². The maximum absolute atomic E-state index is 13.5. The van der Waals surface area contributed by atoms with E-state index in [1.807, 2.05) is 57.2 Å². The Labute approximate surface area is 272 Å². The number of benzene rings is 2. The largest absolute Gasteiger partial charge is 0.486 e. The summed E-state index contributed by atoms with van der Waals surface area (Å²) in [6.45, 7) is 13.9. The van der Waals surface area contributed by atoms with E-state index >= 15 is 0 Å². The molecule has 0 spiro atoms. The summed E-state index contributed by atoms with van der Waals surface area (Å²) >= 11 is 0. The maximum atomic E-state index is 13.5. The van der Waals surface area contributed by atoms with Gasteiger partial charge in [-0.1, -0.05) is 37.8 Å². The van der Waals surface area contributed by atoms with Crippen LogP contribution in [-0.2, 0) is 25.6 Å². The number of hydrogen-bond acceptors (Lipinski definition) is 8. The Balaban J connectivity index is 1.26. The number of ether oxygens (including phenoxy) is 3. The molecule has 2 fully saturated rings. The molecule has 11 nitrogen and oxygen atoms in total. The number of anilines is 1. The fourth-order valence-electron chi connectivity index (χ4n) is 5.94. The fraction of sp³-hybridized carbons (Fsp3) is 0.529. The first-order valence-corrected chi connectivity index (χ1v) is 19.7.